The second-order valence-corrected chi connectivity index (χ2v) is 9.15. The molecular formula is C27H21N3O3S2. The van der Waals surface area contributed by atoms with E-state index in [-0.39, 0.29) is 11.0 Å². The number of anilines is 1. The van der Waals surface area contributed by atoms with Gasteiger partial charge in [0.15, 0.2) is 5.11 Å². The van der Waals surface area contributed by atoms with Crippen LogP contribution in [0.2, 0.25) is 0 Å². The number of methoxy groups -OCH3 is 2. The number of ether oxygens (including phenoxy) is 2. The summed E-state index contributed by atoms with van der Waals surface area (Å²) in [5.74, 6) is 0.695. The van der Waals surface area contributed by atoms with Crippen molar-refractivity contribution in [3.8, 4) is 22.1 Å². The van der Waals surface area contributed by atoms with Crippen LogP contribution in [-0.4, -0.2) is 30.2 Å². The zero-order chi connectivity index (χ0) is 24.4. The Balaban J connectivity index is 1.39. The first-order valence-electron chi connectivity index (χ1n) is 10.8. The largest absolute Gasteiger partial charge is 0.496 e. The molecule has 1 amide bonds. The molecule has 5 aromatic rings. The number of fused-ring (bicyclic) bond motifs is 2. The van der Waals surface area contributed by atoms with E-state index in [0.717, 1.165) is 31.6 Å². The lowest BCUT2D eigenvalue weighted by Gasteiger charge is -2.15. The van der Waals surface area contributed by atoms with E-state index in [1.54, 1.807) is 24.5 Å². The van der Waals surface area contributed by atoms with Crippen molar-refractivity contribution in [2.24, 2.45) is 0 Å². The molecule has 0 aliphatic carbocycles. The molecular weight excluding hydrogens is 478 g/mol. The third-order valence-corrected chi connectivity index (χ3v) is 6.82. The maximum atomic E-state index is 13.1. The molecule has 1 heterocycles. The summed E-state index contributed by atoms with van der Waals surface area (Å²) in [4.78, 5) is 17.8. The number of para-hydroxylation sites is 1. The van der Waals surface area contributed by atoms with Gasteiger partial charge in [-0.25, -0.2) is 4.98 Å². The van der Waals surface area contributed by atoms with E-state index in [4.69, 9.17) is 26.7 Å². The smallest absolute Gasteiger partial charge is 0.261 e. The number of thiazole rings is 1. The Morgan fingerprint density at radius 1 is 0.886 bits per heavy atom. The molecule has 0 unspecified atom stereocenters. The molecule has 0 fully saturated rings. The Morgan fingerprint density at radius 3 is 2.34 bits per heavy atom. The van der Waals surface area contributed by atoms with Crippen molar-refractivity contribution in [3.05, 3.63) is 84.4 Å². The minimum absolute atomic E-state index is 0.143. The Hall–Kier alpha value is -4.01. The Morgan fingerprint density at radius 2 is 1.60 bits per heavy atom. The highest BCUT2D eigenvalue weighted by atomic mass is 32.1. The number of amides is 1. The van der Waals surface area contributed by atoms with Gasteiger partial charge in [-0.05, 0) is 65.5 Å². The van der Waals surface area contributed by atoms with E-state index in [9.17, 15) is 4.79 Å². The van der Waals surface area contributed by atoms with Crippen LogP contribution in [0.3, 0.4) is 0 Å². The summed E-state index contributed by atoms with van der Waals surface area (Å²) in [5, 5.41) is 8.78. The first kappa shape index (κ1) is 22.8. The van der Waals surface area contributed by atoms with Crippen LogP contribution in [0.15, 0.2) is 78.9 Å². The van der Waals surface area contributed by atoms with Gasteiger partial charge in [-0.3, -0.25) is 10.1 Å². The number of thiocarbonyl (C=S) groups is 1. The van der Waals surface area contributed by atoms with Crippen LogP contribution in [0.1, 0.15) is 10.4 Å². The summed E-state index contributed by atoms with van der Waals surface area (Å²) in [5.41, 5.74) is 2.88. The van der Waals surface area contributed by atoms with Gasteiger partial charge >= 0.3 is 0 Å². The second-order valence-electron chi connectivity index (χ2n) is 7.71. The van der Waals surface area contributed by atoms with Crippen molar-refractivity contribution in [3.63, 3.8) is 0 Å². The average molecular weight is 500 g/mol. The number of carbonyl (C=O) groups is 1. The SMILES string of the molecule is COc1ccc(-c2nc3ccccc3s2)cc1NC(=S)NC(=O)c1cc2ccccc2cc1OC. The lowest BCUT2D eigenvalue weighted by molar-refractivity contribution is 0.0975. The number of nitrogens with one attached hydrogen (secondary N) is 2. The van der Waals surface area contributed by atoms with Gasteiger partial charge < -0.3 is 14.8 Å². The number of carbonyl (C=O) groups excluding carboxylic acids is 1. The Bertz CT molecular complexity index is 1550. The average Bonchev–Trinajstić information content (AvgIpc) is 3.32. The topological polar surface area (TPSA) is 72.5 Å². The van der Waals surface area contributed by atoms with Crippen molar-refractivity contribution < 1.29 is 14.3 Å². The lowest BCUT2D eigenvalue weighted by Crippen LogP contribution is -2.34. The third kappa shape index (κ3) is 4.66. The van der Waals surface area contributed by atoms with Crippen LogP contribution in [-0.2, 0) is 0 Å². The van der Waals surface area contributed by atoms with Crippen LogP contribution < -0.4 is 20.1 Å². The molecule has 174 valence electrons. The van der Waals surface area contributed by atoms with Gasteiger partial charge in [0.2, 0.25) is 0 Å². The summed E-state index contributed by atoms with van der Waals surface area (Å²) in [6.45, 7) is 0. The molecule has 0 atom stereocenters. The van der Waals surface area contributed by atoms with Crippen molar-refractivity contribution in [1.82, 2.24) is 10.3 Å². The van der Waals surface area contributed by atoms with Crippen molar-refractivity contribution in [2.75, 3.05) is 19.5 Å². The normalized spacial score (nSPS) is 10.8. The fraction of sp³-hybridized carbons (Fsp3) is 0.0741. The summed E-state index contributed by atoms with van der Waals surface area (Å²) >= 11 is 7.06. The maximum Gasteiger partial charge on any atom is 0.261 e. The molecule has 1 aromatic heterocycles. The van der Waals surface area contributed by atoms with Crippen LogP contribution in [0.25, 0.3) is 31.6 Å². The minimum atomic E-state index is -0.369. The molecule has 0 aliphatic rings. The molecule has 0 saturated heterocycles. The van der Waals surface area contributed by atoms with Crippen LogP contribution >= 0.6 is 23.6 Å². The van der Waals surface area contributed by atoms with E-state index in [2.05, 4.69) is 10.6 Å². The van der Waals surface area contributed by atoms with Gasteiger partial charge in [0.1, 0.15) is 16.5 Å². The van der Waals surface area contributed by atoms with Gasteiger partial charge in [-0.1, -0.05) is 36.4 Å². The maximum absolute atomic E-state index is 13.1. The van der Waals surface area contributed by atoms with E-state index in [1.165, 1.54) is 7.11 Å². The van der Waals surface area contributed by atoms with Gasteiger partial charge in [-0.15, -0.1) is 11.3 Å². The predicted molar refractivity (Wildman–Crippen MR) is 146 cm³/mol. The molecule has 4 aromatic carbocycles. The molecule has 0 saturated carbocycles. The highest BCUT2D eigenvalue weighted by Gasteiger charge is 2.17. The van der Waals surface area contributed by atoms with Crippen LogP contribution in [0, 0.1) is 0 Å². The molecule has 35 heavy (non-hydrogen) atoms. The first-order chi connectivity index (χ1) is 17.1. The lowest BCUT2D eigenvalue weighted by atomic mass is 10.1. The zero-order valence-electron chi connectivity index (χ0n) is 19.0. The van der Waals surface area contributed by atoms with Crippen LogP contribution in [0.4, 0.5) is 5.69 Å². The molecule has 0 aliphatic heterocycles. The molecule has 0 radical (unpaired) electrons. The zero-order valence-corrected chi connectivity index (χ0v) is 20.6. The van der Waals surface area contributed by atoms with Crippen molar-refractivity contribution >= 4 is 61.3 Å². The highest BCUT2D eigenvalue weighted by molar-refractivity contribution is 7.80. The predicted octanol–water partition coefficient (Wildman–Crippen LogP) is 6.26. The number of hydrogen-bond donors (Lipinski definition) is 2. The molecule has 0 spiro atoms. The van der Waals surface area contributed by atoms with Gasteiger partial charge in [-0.2, -0.15) is 0 Å². The fourth-order valence-corrected chi connectivity index (χ4v) is 4.99. The Kier molecular flexibility index (Phi) is 6.31. The van der Waals surface area contributed by atoms with E-state index in [0.29, 0.717) is 22.7 Å². The van der Waals surface area contributed by atoms with Gasteiger partial charge in [0, 0.05) is 5.56 Å². The molecule has 5 rings (SSSR count). The minimum Gasteiger partial charge on any atom is -0.496 e. The molecule has 8 heteroatoms. The van der Waals surface area contributed by atoms with Crippen molar-refractivity contribution in [2.45, 2.75) is 0 Å². The molecule has 0 bridgehead atoms. The number of benzene rings is 4. The number of nitrogens with zero attached hydrogens (tertiary/aromatic N) is 1. The first-order valence-corrected chi connectivity index (χ1v) is 12.0. The van der Waals surface area contributed by atoms with Gasteiger partial charge in [0.05, 0.1) is 35.7 Å². The molecule has 6 nitrogen and oxygen atoms in total. The highest BCUT2D eigenvalue weighted by Crippen LogP contribution is 2.35. The number of hydrogen-bond acceptors (Lipinski definition) is 6. The summed E-state index contributed by atoms with van der Waals surface area (Å²) in [7, 11) is 3.12. The standard InChI is InChI=1S/C27H21N3O3S2/c1-32-22-12-11-18(26-28-20-9-5-6-10-24(20)35-26)14-21(22)29-27(34)30-25(31)19-13-16-7-3-4-8-17(16)15-23(19)33-2/h3-15H,1-2H3,(H2,29,30,31,34). The monoisotopic (exact) mass is 499 g/mol. The van der Waals surface area contributed by atoms with Crippen LogP contribution in [0.5, 0.6) is 11.5 Å². The third-order valence-electron chi connectivity index (χ3n) is 5.53. The Labute approximate surface area is 211 Å². The summed E-state index contributed by atoms with van der Waals surface area (Å²) in [6.07, 6.45) is 0. The van der Waals surface area contributed by atoms with Crippen molar-refractivity contribution in [1.29, 1.82) is 0 Å². The number of rotatable bonds is 5. The van der Waals surface area contributed by atoms with E-state index in [1.807, 2.05) is 72.8 Å². The quantitative estimate of drug-likeness (QED) is 0.278. The summed E-state index contributed by atoms with van der Waals surface area (Å²) in [6, 6.07) is 25.1. The van der Waals surface area contributed by atoms with E-state index < -0.39 is 0 Å². The number of aromatic nitrogens is 1. The second kappa shape index (κ2) is 9.69. The summed E-state index contributed by atoms with van der Waals surface area (Å²) < 4.78 is 12.1. The van der Waals surface area contributed by atoms with E-state index >= 15 is 0 Å². The molecule has 2 N–H and O–H groups in total. The fourth-order valence-electron chi connectivity index (χ4n) is 3.82. The van der Waals surface area contributed by atoms with Gasteiger partial charge in [0.25, 0.3) is 5.91 Å².